The molecule has 0 saturated carbocycles. The molecule has 31 heavy (non-hydrogen) atoms. The third-order valence-corrected chi connectivity index (χ3v) is 5.39. The Bertz CT molecular complexity index is 1220. The number of thiocarbonyl (C=S) groups is 1. The van der Waals surface area contributed by atoms with Crippen molar-refractivity contribution >= 4 is 63.5 Å². The van der Waals surface area contributed by atoms with Gasteiger partial charge < -0.3 is 10.6 Å². The van der Waals surface area contributed by atoms with Gasteiger partial charge in [-0.2, -0.15) is 10.2 Å². The Balaban J connectivity index is 1.33. The summed E-state index contributed by atoms with van der Waals surface area (Å²) in [6, 6.07) is 13.1. The van der Waals surface area contributed by atoms with E-state index in [1.165, 1.54) is 0 Å². The van der Waals surface area contributed by atoms with Gasteiger partial charge in [0.15, 0.2) is 5.11 Å². The van der Waals surface area contributed by atoms with Crippen LogP contribution in [0.3, 0.4) is 0 Å². The molecule has 0 unspecified atom stereocenters. The first kappa shape index (κ1) is 21.6. The van der Waals surface area contributed by atoms with Crippen molar-refractivity contribution in [2.75, 3.05) is 10.6 Å². The molecular weight excluding hydrogens is 475 g/mol. The van der Waals surface area contributed by atoms with Gasteiger partial charge in [0.1, 0.15) is 0 Å². The van der Waals surface area contributed by atoms with E-state index in [0.29, 0.717) is 33.3 Å². The van der Waals surface area contributed by atoms with Crippen LogP contribution in [0.5, 0.6) is 0 Å². The Hall–Kier alpha value is -2.58. The van der Waals surface area contributed by atoms with E-state index in [1.807, 2.05) is 47.4 Å². The third-order valence-electron chi connectivity index (χ3n) is 4.36. The maximum absolute atomic E-state index is 6.24. The molecule has 0 atom stereocenters. The zero-order chi connectivity index (χ0) is 21.8. The van der Waals surface area contributed by atoms with Crippen LogP contribution >= 0.6 is 47.0 Å². The molecule has 2 aromatic carbocycles. The minimum Gasteiger partial charge on any atom is -0.330 e. The van der Waals surface area contributed by atoms with Crippen molar-refractivity contribution in [1.82, 2.24) is 19.6 Å². The van der Waals surface area contributed by atoms with E-state index in [2.05, 4.69) is 20.8 Å². The number of halogens is 3. The Labute approximate surface area is 199 Å². The fourth-order valence-electron chi connectivity index (χ4n) is 2.97. The molecule has 158 valence electrons. The van der Waals surface area contributed by atoms with Crippen molar-refractivity contribution in [2.45, 2.75) is 13.1 Å². The molecule has 6 nitrogen and oxygen atoms in total. The van der Waals surface area contributed by atoms with E-state index >= 15 is 0 Å². The molecule has 2 N–H and O–H groups in total. The zero-order valence-electron chi connectivity index (χ0n) is 16.1. The van der Waals surface area contributed by atoms with Crippen LogP contribution in [0.1, 0.15) is 11.1 Å². The van der Waals surface area contributed by atoms with Crippen LogP contribution in [0.4, 0.5) is 11.4 Å². The molecule has 0 bridgehead atoms. The molecule has 10 heteroatoms. The zero-order valence-corrected chi connectivity index (χ0v) is 19.2. The molecule has 2 heterocycles. The topological polar surface area (TPSA) is 59.7 Å². The smallest absolute Gasteiger partial charge is 0.175 e. The van der Waals surface area contributed by atoms with Gasteiger partial charge in [0.25, 0.3) is 0 Å². The summed E-state index contributed by atoms with van der Waals surface area (Å²) in [5.41, 5.74) is 3.53. The maximum atomic E-state index is 6.24. The van der Waals surface area contributed by atoms with Crippen LogP contribution in [-0.4, -0.2) is 24.7 Å². The largest absolute Gasteiger partial charge is 0.330 e. The molecule has 0 amide bonds. The van der Waals surface area contributed by atoms with E-state index in [0.717, 1.165) is 22.5 Å². The molecule has 0 radical (unpaired) electrons. The van der Waals surface area contributed by atoms with Crippen molar-refractivity contribution in [1.29, 1.82) is 0 Å². The summed E-state index contributed by atoms with van der Waals surface area (Å²) < 4.78 is 3.58. The summed E-state index contributed by atoms with van der Waals surface area (Å²) in [5, 5.41) is 17.3. The SMILES string of the molecule is S=C(Nc1cnn(Cc2cccc(Cl)c2)c1)Nc1cnn(Cc2ccc(Cl)cc2Cl)c1. The van der Waals surface area contributed by atoms with E-state index in [4.69, 9.17) is 47.0 Å². The second-order valence-corrected chi connectivity index (χ2v) is 8.49. The van der Waals surface area contributed by atoms with Crippen LogP contribution in [0, 0.1) is 0 Å². The molecule has 0 aliphatic rings. The second kappa shape index (κ2) is 9.70. The summed E-state index contributed by atoms with van der Waals surface area (Å²) in [6.07, 6.45) is 7.13. The van der Waals surface area contributed by atoms with Gasteiger partial charge in [0.2, 0.25) is 0 Å². The highest BCUT2D eigenvalue weighted by Gasteiger charge is 2.07. The van der Waals surface area contributed by atoms with Crippen LogP contribution < -0.4 is 10.6 Å². The van der Waals surface area contributed by atoms with Gasteiger partial charge in [-0.25, -0.2) is 0 Å². The van der Waals surface area contributed by atoms with Gasteiger partial charge in [-0.3, -0.25) is 9.36 Å². The van der Waals surface area contributed by atoms with Gasteiger partial charge in [-0.1, -0.05) is 53.0 Å². The third kappa shape index (κ3) is 5.98. The predicted molar refractivity (Wildman–Crippen MR) is 130 cm³/mol. The van der Waals surface area contributed by atoms with E-state index < -0.39 is 0 Å². The molecule has 2 aromatic heterocycles. The highest BCUT2D eigenvalue weighted by atomic mass is 35.5. The molecule has 0 spiro atoms. The molecule has 0 aliphatic carbocycles. The van der Waals surface area contributed by atoms with Crippen molar-refractivity contribution in [2.24, 2.45) is 0 Å². The highest BCUT2D eigenvalue weighted by Crippen LogP contribution is 2.22. The average Bonchev–Trinajstić information content (AvgIpc) is 3.33. The quantitative estimate of drug-likeness (QED) is 0.327. The number of nitrogens with one attached hydrogen (secondary N) is 2. The number of hydrogen-bond acceptors (Lipinski definition) is 3. The minimum absolute atomic E-state index is 0.436. The number of aromatic nitrogens is 4. The normalized spacial score (nSPS) is 10.8. The molecule has 4 rings (SSSR count). The van der Waals surface area contributed by atoms with Gasteiger partial charge >= 0.3 is 0 Å². The molecular formula is C21H17Cl3N6S. The molecule has 4 aromatic rings. The number of nitrogens with zero attached hydrogens (tertiary/aromatic N) is 4. The van der Waals surface area contributed by atoms with E-state index in [9.17, 15) is 0 Å². The van der Waals surface area contributed by atoms with Gasteiger partial charge in [0, 0.05) is 27.5 Å². The lowest BCUT2D eigenvalue weighted by molar-refractivity contribution is 0.687. The van der Waals surface area contributed by atoms with Crippen LogP contribution in [-0.2, 0) is 13.1 Å². The van der Waals surface area contributed by atoms with Crippen LogP contribution in [0.2, 0.25) is 15.1 Å². The first-order valence-electron chi connectivity index (χ1n) is 9.26. The standard InChI is InChI=1S/C21H17Cl3N6S/c22-16-3-1-2-14(6-16)10-29-12-18(8-25-29)27-21(31)28-19-9-26-30(13-19)11-15-4-5-17(23)7-20(15)24/h1-9,12-13H,10-11H2,(H2,27,28,31). The lowest BCUT2D eigenvalue weighted by Crippen LogP contribution is -2.18. The summed E-state index contributed by atoms with van der Waals surface area (Å²) in [7, 11) is 0. The number of rotatable bonds is 6. The van der Waals surface area contributed by atoms with E-state index in [-0.39, 0.29) is 0 Å². The Morgan fingerprint density at radius 2 is 1.48 bits per heavy atom. The van der Waals surface area contributed by atoms with E-state index in [1.54, 1.807) is 29.2 Å². The fraction of sp³-hybridized carbons (Fsp3) is 0.0952. The monoisotopic (exact) mass is 490 g/mol. The van der Waals surface area contributed by atoms with Crippen LogP contribution in [0.25, 0.3) is 0 Å². The van der Waals surface area contributed by atoms with Crippen molar-refractivity contribution in [3.05, 3.63) is 93.4 Å². The Morgan fingerprint density at radius 1 is 0.839 bits per heavy atom. The van der Waals surface area contributed by atoms with Gasteiger partial charge in [-0.05, 0) is 47.6 Å². The Kier molecular flexibility index (Phi) is 6.77. The predicted octanol–water partition coefficient (Wildman–Crippen LogP) is 5.95. The maximum Gasteiger partial charge on any atom is 0.175 e. The lowest BCUT2D eigenvalue weighted by Gasteiger charge is -2.07. The number of hydrogen-bond donors (Lipinski definition) is 2. The van der Waals surface area contributed by atoms with Crippen molar-refractivity contribution in [3.63, 3.8) is 0 Å². The lowest BCUT2D eigenvalue weighted by atomic mass is 10.2. The highest BCUT2D eigenvalue weighted by molar-refractivity contribution is 7.80. The number of benzene rings is 2. The van der Waals surface area contributed by atoms with Gasteiger partial charge in [-0.15, -0.1) is 0 Å². The molecule has 0 saturated heterocycles. The summed E-state index contributed by atoms with van der Waals surface area (Å²) in [5.74, 6) is 0. The average molecular weight is 492 g/mol. The molecule has 0 aliphatic heterocycles. The summed E-state index contributed by atoms with van der Waals surface area (Å²) >= 11 is 23.6. The molecule has 0 fully saturated rings. The first-order valence-corrected chi connectivity index (χ1v) is 10.8. The number of anilines is 2. The summed E-state index contributed by atoms with van der Waals surface area (Å²) in [4.78, 5) is 0. The summed E-state index contributed by atoms with van der Waals surface area (Å²) in [6.45, 7) is 1.14. The van der Waals surface area contributed by atoms with Gasteiger partial charge in [0.05, 0.1) is 36.9 Å². The van der Waals surface area contributed by atoms with Crippen molar-refractivity contribution < 1.29 is 0 Å². The fourth-order valence-corrected chi connectivity index (χ4v) is 3.89. The van der Waals surface area contributed by atoms with Crippen molar-refractivity contribution in [3.8, 4) is 0 Å². The minimum atomic E-state index is 0.436. The first-order chi connectivity index (χ1) is 14.9. The van der Waals surface area contributed by atoms with Crippen LogP contribution in [0.15, 0.2) is 67.3 Å². The second-order valence-electron chi connectivity index (χ2n) is 6.80. The Morgan fingerprint density at radius 3 is 2.13 bits per heavy atom.